The topological polar surface area (TPSA) is 37.3 Å². The van der Waals surface area contributed by atoms with E-state index in [2.05, 4.69) is 22.2 Å². The summed E-state index contributed by atoms with van der Waals surface area (Å²) in [5.41, 5.74) is 2.17. The molecule has 2 rings (SSSR count). The van der Waals surface area contributed by atoms with Crippen molar-refractivity contribution in [3.8, 4) is 0 Å². The molecule has 0 fully saturated rings. The van der Waals surface area contributed by atoms with Gasteiger partial charge in [-0.05, 0) is 26.0 Å². The van der Waals surface area contributed by atoms with Gasteiger partial charge in [0.2, 0.25) is 0 Å². The lowest BCUT2D eigenvalue weighted by Crippen LogP contribution is -2.27. The minimum absolute atomic E-state index is 0.462. The number of hydrogen-bond acceptors (Lipinski definition) is 3. The molecular formula is C10H13N3. The number of hydrogen-bond donors (Lipinski definition) is 1. The average Bonchev–Trinajstić information content (AvgIpc) is 2.52. The van der Waals surface area contributed by atoms with E-state index in [4.69, 9.17) is 0 Å². The van der Waals surface area contributed by atoms with Gasteiger partial charge in [-0.1, -0.05) is 0 Å². The Kier molecular flexibility index (Phi) is 2.00. The Hall–Kier alpha value is -1.38. The van der Waals surface area contributed by atoms with E-state index in [1.807, 2.05) is 25.3 Å². The number of aromatic nitrogens is 1. The van der Waals surface area contributed by atoms with Crippen LogP contribution >= 0.6 is 0 Å². The van der Waals surface area contributed by atoms with Gasteiger partial charge in [0.15, 0.2) is 0 Å². The van der Waals surface area contributed by atoms with Crippen molar-refractivity contribution in [2.45, 2.75) is 19.9 Å². The molecule has 1 aliphatic heterocycles. The molecule has 1 N–H and O–H groups in total. The van der Waals surface area contributed by atoms with E-state index in [9.17, 15) is 0 Å². The molecule has 3 nitrogen and oxygen atoms in total. The average molecular weight is 175 g/mol. The Morgan fingerprint density at radius 3 is 3.00 bits per heavy atom. The molecule has 0 bridgehead atoms. The predicted molar refractivity (Wildman–Crippen MR) is 53.0 cm³/mol. The molecule has 0 saturated carbocycles. The maximum absolute atomic E-state index is 4.41. The molecule has 1 aromatic rings. The third kappa shape index (κ3) is 1.69. The number of nitrogens with one attached hydrogen (secondary N) is 1. The van der Waals surface area contributed by atoms with Crippen LogP contribution in [-0.2, 0) is 0 Å². The van der Waals surface area contributed by atoms with E-state index in [1.54, 1.807) is 0 Å². The largest absolute Gasteiger partial charge is 0.366 e. The second-order valence-corrected chi connectivity index (χ2v) is 3.42. The van der Waals surface area contributed by atoms with Crippen LogP contribution in [0.4, 0.5) is 0 Å². The van der Waals surface area contributed by atoms with Crippen molar-refractivity contribution in [3.05, 3.63) is 29.6 Å². The van der Waals surface area contributed by atoms with Crippen molar-refractivity contribution in [3.63, 3.8) is 0 Å². The van der Waals surface area contributed by atoms with Crippen molar-refractivity contribution in [1.29, 1.82) is 0 Å². The summed E-state index contributed by atoms with van der Waals surface area (Å²) < 4.78 is 0. The van der Waals surface area contributed by atoms with Crippen molar-refractivity contribution in [1.82, 2.24) is 10.3 Å². The third-order valence-electron chi connectivity index (χ3n) is 2.08. The van der Waals surface area contributed by atoms with Crippen molar-refractivity contribution in [2.75, 3.05) is 6.54 Å². The smallest absolute Gasteiger partial charge is 0.128 e. The molecule has 1 aromatic heterocycles. The first-order chi connectivity index (χ1) is 6.25. The predicted octanol–water partition coefficient (Wildman–Crippen LogP) is 1.13. The second kappa shape index (κ2) is 3.17. The second-order valence-electron chi connectivity index (χ2n) is 3.42. The van der Waals surface area contributed by atoms with Crippen LogP contribution in [0, 0.1) is 6.92 Å². The van der Waals surface area contributed by atoms with Crippen LogP contribution in [-0.4, -0.2) is 23.4 Å². The van der Waals surface area contributed by atoms with Gasteiger partial charge in [0.1, 0.15) is 5.84 Å². The zero-order chi connectivity index (χ0) is 9.26. The summed E-state index contributed by atoms with van der Waals surface area (Å²) in [5.74, 6) is 0.998. The van der Waals surface area contributed by atoms with Gasteiger partial charge < -0.3 is 5.32 Å². The molecule has 0 spiro atoms. The maximum Gasteiger partial charge on any atom is 0.128 e. The fraction of sp³-hybridized carbons (Fsp3) is 0.400. The highest BCUT2D eigenvalue weighted by molar-refractivity contribution is 5.99. The lowest BCUT2D eigenvalue weighted by atomic mass is 10.2. The molecule has 1 atom stereocenters. The molecule has 0 radical (unpaired) electrons. The van der Waals surface area contributed by atoms with Crippen molar-refractivity contribution < 1.29 is 0 Å². The third-order valence-corrected chi connectivity index (χ3v) is 2.08. The standard InChI is InChI=1S/C10H13N3/c1-7-5-9(3-4-11-7)10-12-6-8(2)13-10/h3-5,8H,6H2,1-2H3,(H,12,13). The van der Waals surface area contributed by atoms with Gasteiger partial charge in [-0.25, -0.2) is 0 Å². The minimum Gasteiger partial charge on any atom is -0.366 e. The van der Waals surface area contributed by atoms with Gasteiger partial charge in [-0.3, -0.25) is 9.98 Å². The van der Waals surface area contributed by atoms with E-state index < -0.39 is 0 Å². The van der Waals surface area contributed by atoms with E-state index >= 15 is 0 Å². The first-order valence-electron chi connectivity index (χ1n) is 4.50. The highest BCUT2D eigenvalue weighted by Crippen LogP contribution is 2.06. The first-order valence-corrected chi connectivity index (χ1v) is 4.50. The zero-order valence-corrected chi connectivity index (χ0v) is 7.91. The molecule has 68 valence electrons. The summed E-state index contributed by atoms with van der Waals surface area (Å²) >= 11 is 0. The first kappa shape index (κ1) is 8.23. The van der Waals surface area contributed by atoms with Crippen LogP contribution in [0.15, 0.2) is 23.3 Å². The van der Waals surface area contributed by atoms with Crippen LogP contribution in [0.1, 0.15) is 18.2 Å². The number of nitrogens with zero attached hydrogens (tertiary/aromatic N) is 2. The van der Waals surface area contributed by atoms with E-state index in [0.717, 1.165) is 23.6 Å². The number of amidine groups is 1. The van der Waals surface area contributed by atoms with Gasteiger partial charge in [-0.15, -0.1) is 0 Å². The van der Waals surface area contributed by atoms with Gasteiger partial charge in [0.25, 0.3) is 0 Å². The van der Waals surface area contributed by atoms with Gasteiger partial charge >= 0.3 is 0 Å². The summed E-state index contributed by atoms with van der Waals surface area (Å²) in [6.45, 7) is 4.99. The maximum atomic E-state index is 4.41. The lowest BCUT2D eigenvalue weighted by molar-refractivity contribution is 0.726. The highest BCUT2D eigenvalue weighted by Gasteiger charge is 2.13. The molecule has 0 aliphatic carbocycles. The molecule has 1 aliphatic rings. The molecule has 0 aromatic carbocycles. The molecular weight excluding hydrogens is 162 g/mol. The fourth-order valence-electron chi connectivity index (χ4n) is 1.42. The fourth-order valence-corrected chi connectivity index (χ4v) is 1.42. The lowest BCUT2D eigenvalue weighted by Gasteiger charge is -2.05. The molecule has 0 saturated heterocycles. The number of rotatable bonds is 1. The SMILES string of the molecule is Cc1cc(C2=NCC(C)N2)ccn1. The van der Waals surface area contributed by atoms with Crippen LogP contribution in [0.2, 0.25) is 0 Å². The molecule has 2 heterocycles. The van der Waals surface area contributed by atoms with Gasteiger partial charge in [-0.2, -0.15) is 0 Å². The normalized spacial score (nSPS) is 21.1. The molecule has 3 heteroatoms. The zero-order valence-electron chi connectivity index (χ0n) is 7.91. The Balaban J connectivity index is 2.26. The van der Waals surface area contributed by atoms with E-state index in [1.165, 1.54) is 0 Å². The monoisotopic (exact) mass is 175 g/mol. The van der Waals surface area contributed by atoms with Crippen LogP contribution in [0.3, 0.4) is 0 Å². The summed E-state index contributed by atoms with van der Waals surface area (Å²) in [4.78, 5) is 8.55. The Morgan fingerprint density at radius 2 is 2.38 bits per heavy atom. The van der Waals surface area contributed by atoms with Crippen molar-refractivity contribution in [2.24, 2.45) is 4.99 Å². The number of aliphatic imine (C=N–C) groups is 1. The quantitative estimate of drug-likeness (QED) is 0.694. The van der Waals surface area contributed by atoms with E-state index in [0.29, 0.717) is 6.04 Å². The number of pyridine rings is 1. The Bertz CT molecular complexity index is 344. The minimum atomic E-state index is 0.462. The van der Waals surface area contributed by atoms with Crippen LogP contribution in [0.5, 0.6) is 0 Å². The van der Waals surface area contributed by atoms with Gasteiger partial charge in [0, 0.05) is 23.5 Å². The Labute approximate surface area is 77.9 Å². The van der Waals surface area contributed by atoms with Crippen molar-refractivity contribution >= 4 is 5.84 Å². The molecule has 1 unspecified atom stereocenters. The Morgan fingerprint density at radius 1 is 1.54 bits per heavy atom. The van der Waals surface area contributed by atoms with E-state index in [-0.39, 0.29) is 0 Å². The molecule has 0 amide bonds. The van der Waals surface area contributed by atoms with Crippen LogP contribution in [0.25, 0.3) is 0 Å². The summed E-state index contributed by atoms with van der Waals surface area (Å²) in [7, 11) is 0. The van der Waals surface area contributed by atoms with Crippen LogP contribution < -0.4 is 5.32 Å². The number of aryl methyl sites for hydroxylation is 1. The summed E-state index contributed by atoms with van der Waals surface area (Å²) in [6.07, 6.45) is 1.82. The van der Waals surface area contributed by atoms with Gasteiger partial charge in [0.05, 0.1) is 6.54 Å². The summed E-state index contributed by atoms with van der Waals surface area (Å²) in [5, 5.41) is 3.32. The highest BCUT2D eigenvalue weighted by atomic mass is 15.1. The molecule has 13 heavy (non-hydrogen) atoms. The summed E-state index contributed by atoms with van der Waals surface area (Å²) in [6, 6.07) is 4.49.